The first-order valence-corrected chi connectivity index (χ1v) is 12.5. The maximum absolute atomic E-state index is 13.2. The van der Waals surface area contributed by atoms with Crippen molar-refractivity contribution in [3.8, 4) is 11.5 Å². The summed E-state index contributed by atoms with van der Waals surface area (Å²) in [6, 6.07) is 15.5. The number of nitrogens with zero attached hydrogens (tertiary/aromatic N) is 2. The average molecular weight is 476 g/mol. The number of aromatic amines is 1. The number of para-hydroxylation sites is 1. The number of hydrogen-bond donors (Lipinski definition) is 1. The number of hydrogen-bond acceptors (Lipinski definition) is 4. The molecule has 2 fully saturated rings. The molecule has 0 saturated carbocycles. The number of H-pyrrole nitrogens is 1. The third kappa shape index (κ3) is 5.14. The first kappa shape index (κ1) is 23.3. The Hall–Kier alpha value is -3.48. The van der Waals surface area contributed by atoms with Gasteiger partial charge in [0, 0.05) is 49.2 Å². The van der Waals surface area contributed by atoms with Gasteiger partial charge in [-0.2, -0.15) is 0 Å². The number of ether oxygens (including phenoxy) is 2. The number of fused-ring (bicyclic) bond motifs is 1. The summed E-state index contributed by atoms with van der Waals surface area (Å²) in [5.41, 5.74) is 2.44. The van der Waals surface area contributed by atoms with Gasteiger partial charge in [0.1, 0.15) is 11.5 Å². The molecule has 3 heterocycles. The summed E-state index contributed by atoms with van der Waals surface area (Å²) in [4.78, 5) is 33.0. The van der Waals surface area contributed by atoms with Crippen molar-refractivity contribution >= 4 is 22.7 Å². The number of methoxy groups -OCH3 is 1. The monoisotopic (exact) mass is 475 g/mol. The van der Waals surface area contributed by atoms with Crippen LogP contribution < -0.4 is 9.47 Å². The number of aromatic nitrogens is 1. The van der Waals surface area contributed by atoms with Gasteiger partial charge in [-0.25, -0.2) is 0 Å². The van der Waals surface area contributed by atoms with Gasteiger partial charge in [0.05, 0.1) is 7.11 Å². The predicted octanol–water partition coefficient (Wildman–Crippen LogP) is 4.20. The molecule has 2 aromatic carbocycles. The third-order valence-electron chi connectivity index (χ3n) is 7.47. The Labute approximate surface area is 206 Å². The largest absolute Gasteiger partial charge is 0.497 e. The van der Waals surface area contributed by atoms with Crippen LogP contribution in [0.5, 0.6) is 11.5 Å². The first-order chi connectivity index (χ1) is 17.1. The van der Waals surface area contributed by atoms with E-state index >= 15 is 0 Å². The summed E-state index contributed by atoms with van der Waals surface area (Å²) in [7, 11) is 1.69. The van der Waals surface area contributed by atoms with Crippen molar-refractivity contribution in [1.29, 1.82) is 0 Å². The zero-order valence-corrected chi connectivity index (χ0v) is 20.2. The van der Waals surface area contributed by atoms with Crippen LogP contribution in [0.2, 0.25) is 0 Å². The molecule has 2 aliphatic rings. The van der Waals surface area contributed by atoms with Gasteiger partial charge in [0.25, 0.3) is 5.91 Å². The number of amides is 2. The lowest BCUT2D eigenvalue weighted by Gasteiger charge is -2.37. The van der Waals surface area contributed by atoms with E-state index in [2.05, 4.69) is 23.3 Å². The van der Waals surface area contributed by atoms with Crippen LogP contribution in [-0.4, -0.2) is 66.5 Å². The Kier molecular flexibility index (Phi) is 6.93. The fourth-order valence-corrected chi connectivity index (χ4v) is 5.38. The lowest BCUT2D eigenvalue weighted by atomic mass is 9.87. The van der Waals surface area contributed by atoms with E-state index in [1.807, 2.05) is 46.2 Å². The summed E-state index contributed by atoms with van der Waals surface area (Å²) in [6.07, 6.45) is 5.48. The van der Waals surface area contributed by atoms with Crippen molar-refractivity contribution in [2.24, 2.45) is 5.92 Å². The molecule has 0 unspecified atom stereocenters. The Bertz CT molecular complexity index is 1160. The Balaban J connectivity index is 1.10. The van der Waals surface area contributed by atoms with E-state index in [1.165, 1.54) is 10.9 Å². The number of carbonyl (C=O) groups excluding carboxylic acids is 2. The van der Waals surface area contributed by atoms with Crippen LogP contribution in [0.4, 0.5) is 0 Å². The van der Waals surface area contributed by atoms with Gasteiger partial charge in [0.2, 0.25) is 5.91 Å². The minimum Gasteiger partial charge on any atom is -0.497 e. The van der Waals surface area contributed by atoms with E-state index in [0.29, 0.717) is 24.8 Å². The van der Waals surface area contributed by atoms with Crippen LogP contribution in [0.3, 0.4) is 0 Å². The lowest BCUT2D eigenvalue weighted by Crippen LogP contribution is -2.47. The molecule has 0 spiro atoms. The highest BCUT2D eigenvalue weighted by Gasteiger charge is 2.32. The van der Waals surface area contributed by atoms with Crippen LogP contribution in [0.25, 0.3) is 10.9 Å². The number of rotatable bonds is 6. The van der Waals surface area contributed by atoms with E-state index in [9.17, 15) is 9.59 Å². The quantitative estimate of drug-likeness (QED) is 0.580. The van der Waals surface area contributed by atoms with E-state index in [-0.39, 0.29) is 24.3 Å². The molecular formula is C28H33N3O4. The fourth-order valence-electron chi connectivity index (χ4n) is 5.38. The highest BCUT2D eigenvalue weighted by molar-refractivity contribution is 5.85. The SMILES string of the molecule is COc1ccc2[nH]cc(C3CCN(C(=O)C4CCN(C(=O)COc5ccccc5)CC4)CC3)c2c1. The molecule has 2 aliphatic heterocycles. The summed E-state index contributed by atoms with van der Waals surface area (Å²) in [5, 5.41) is 1.21. The van der Waals surface area contributed by atoms with Gasteiger partial charge in [-0.15, -0.1) is 0 Å². The second kappa shape index (κ2) is 10.4. The molecule has 2 saturated heterocycles. The molecule has 1 aromatic heterocycles. The second-order valence-electron chi connectivity index (χ2n) is 9.51. The minimum absolute atomic E-state index is 0.00277. The standard InChI is InChI=1S/C28H33N3O4/c1-34-23-7-8-26-24(17-23)25(18-29-26)20-9-15-31(16-10-20)28(33)21-11-13-30(14-12-21)27(32)19-35-22-5-3-2-4-6-22/h2-8,17-18,20-21,29H,9-16,19H2,1H3. The fraction of sp³-hybridized carbons (Fsp3) is 0.429. The summed E-state index contributed by atoms with van der Waals surface area (Å²) in [5.74, 6) is 2.23. The molecule has 1 N–H and O–H groups in total. The van der Waals surface area contributed by atoms with Crippen molar-refractivity contribution in [3.05, 3.63) is 60.3 Å². The van der Waals surface area contributed by atoms with Gasteiger partial charge >= 0.3 is 0 Å². The van der Waals surface area contributed by atoms with Crippen LogP contribution >= 0.6 is 0 Å². The molecule has 0 radical (unpaired) electrons. The molecule has 35 heavy (non-hydrogen) atoms. The van der Waals surface area contributed by atoms with Gasteiger partial charge < -0.3 is 24.3 Å². The average Bonchev–Trinajstić information content (AvgIpc) is 3.35. The smallest absolute Gasteiger partial charge is 0.260 e. The normalized spacial score (nSPS) is 17.5. The molecule has 0 aliphatic carbocycles. The summed E-state index contributed by atoms with van der Waals surface area (Å²) >= 11 is 0. The molecule has 5 rings (SSSR count). The molecule has 0 bridgehead atoms. The van der Waals surface area contributed by atoms with Crippen molar-refractivity contribution in [3.63, 3.8) is 0 Å². The van der Waals surface area contributed by atoms with Crippen molar-refractivity contribution in [1.82, 2.24) is 14.8 Å². The van der Waals surface area contributed by atoms with E-state index < -0.39 is 0 Å². The Morgan fingerprint density at radius 1 is 0.914 bits per heavy atom. The molecule has 3 aromatic rings. The van der Waals surface area contributed by atoms with Crippen LogP contribution in [0.1, 0.15) is 37.2 Å². The van der Waals surface area contributed by atoms with Crippen molar-refractivity contribution < 1.29 is 19.1 Å². The maximum Gasteiger partial charge on any atom is 0.260 e. The number of carbonyl (C=O) groups is 2. The maximum atomic E-state index is 13.2. The molecule has 2 amide bonds. The van der Waals surface area contributed by atoms with Gasteiger partial charge in [-0.05, 0) is 67.5 Å². The lowest BCUT2D eigenvalue weighted by molar-refractivity contribution is -0.142. The van der Waals surface area contributed by atoms with E-state index in [0.717, 1.165) is 50.0 Å². The van der Waals surface area contributed by atoms with Gasteiger partial charge in [0.15, 0.2) is 6.61 Å². The van der Waals surface area contributed by atoms with Gasteiger partial charge in [-0.3, -0.25) is 9.59 Å². The number of benzene rings is 2. The number of likely N-dealkylation sites (tertiary alicyclic amines) is 2. The Morgan fingerprint density at radius 2 is 1.63 bits per heavy atom. The molecule has 7 heteroatoms. The van der Waals surface area contributed by atoms with Crippen LogP contribution in [0.15, 0.2) is 54.7 Å². The molecule has 184 valence electrons. The zero-order valence-electron chi connectivity index (χ0n) is 20.2. The van der Waals surface area contributed by atoms with Crippen molar-refractivity contribution in [2.75, 3.05) is 39.9 Å². The summed E-state index contributed by atoms with van der Waals surface area (Å²) in [6.45, 7) is 2.83. The minimum atomic E-state index is -0.0177. The van der Waals surface area contributed by atoms with Crippen LogP contribution in [-0.2, 0) is 9.59 Å². The van der Waals surface area contributed by atoms with E-state index in [4.69, 9.17) is 9.47 Å². The predicted molar refractivity (Wildman–Crippen MR) is 135 cm³/mol. The van der Waals surface area contributed by atoms with Crippen LogP contribution in [0, 0.1) is 5.92 Å². The molecular weight excluding hydrogens is 442 g/mol. The molecule has 7 nitrogen and oxygen atoms in total. The van der Waals surface area contributed by atoms with E-state index in [1.54, 1.807) is 7.11 Å². The third-order valence-corrected chi connectivity index (χ3v) is 7.47. The zero-order chi connectivity index (χ0) is 24.2. The number of nitrogens with one attached hydrogen (secondary N) is 1. The second-order valence-corrected chi connectivity index (χ2v) is 9.51. The summed E-state index contributed by atoms with van der Waals surface area (Å²) < 4.78 is 11.0. The first-order valence-electron chi connectivity index (χ1n) is 12.5. The number of piperidine rings is 2. The topological polar surface area (TPSA) is 74.9 Å². The Morgan fingerprint density at radius 3 is 2.34 bits per heavy atom. The highest BCUT2D eigenvalue weighted by Crippen LogP contribution is 2.35. The van der Waals surface area contributed by atoms with Crippen molar-refractivity contribution in [2.45, 2.75) is 31.6 Å². The van der Waals surface area contributed by atoms with Gasteiger partial charge in [-0.1, -0.05) is 18.2 Å². The highest BCUT2D eigenvalue weighted by atomic mass is 16.5. The molecule has 0 atom stereocenters.